The van der Waals surface area contributed by atoms with Gasteiger partial charge in [0.25, 0.3) is 0 Å². The maximum atomic E-state index is 13.8. The average Bonchev–Trinajstić information content (AvgIpc) is 2.88. The molecule has 5 nitrogen and oxygen atoms in total. The van der Waals surface area contributed by atoms with Gasteiger partial charge in [0, 0.05) is 5.56 Å². The summed E-state index contributed by atoms with van der Waals surface area (Å²) in [5.41, 5.74) is 3.51. The van der Waals surface area contributed by atoms with E-state index in [9.17, 15) is 4.79 Å². The summed E-state index contributed by atoms with van der Waals surface area (Å²) in [6.45, 7) is 2.48. The van der Waals surface area contributed by atoms with Crippen LogP contribution in [0.25, 0.3) is 5.70 Å². The molecule has 0 aromatic heterocycles. The minimum atomic E-state index is -0.502. The second kappa shape index (κ2) is 10.7. The van der Waals surface area contributed by atoms with Gasteiger partial charge in [0.1, 0.15) is 6.61 Å². The number of hydrogen-bond donors (Lipinski definition) is 2. The monoisotopic (exact) mass is 468 g/mol. The van der Waals surface area contributed by atoms with Crippen molar-refractivity contribution in [3.8, 4) is 23.8 Å². The van der Waals surface area contributed by atoms with E-state index in [2.05, 4.69) is 16.6 Å². The van der Waals surface area contributed by atoms with Crippen LogP contribution in [0.5, 0.6) is 11.5 Å². The zero-order valence-electron chi connectivity index (χ0n) is 18.7. The number of Topliss-reactive ketones (excluding diaryl/α,β-unsaturated/α-hetero) is 1. The van der Waals surface area contributed by atoms with Crippen LogP contribution >= 0.6 is 12.2 Å². The van der Waals surface area contributed by atoms with Gasteiger partial charge in [0.2, 0.25) is 0 Å². The smallest absolute Gasteiger partial charge is 0.193 e. The lowest BCUT2D eigenvalue weighted by Gasteiger charge is -2.32. The number of carbonyl (C=O) groups excluding carboxylic acids is 1. The summed E-state index contributed by atoms with van der Waals surface area (Å²) in [4.78, 5) is 13.8. The van der Waals surface area contributed by atoms with Gasteiger partial charge in [-0.3, -0.25) is 4.79 Å². The van der Waals surface area contributed by atoms with Crippen LogP contribution < -0.4 is 20.1 Å². The van der Waals surface area contributed by atoms with Crippen molar-refractivity contribution in [3.63, 3.8) is 0 Å². The Labute approximate surface area is 204 Å². The molecule has 4 rings (SSSR count). The first-order chi connectivity index (χ1) is 16.6. The predicted molar refractivity (Wildman–Crippen MR) is 138 cm³/mol. The summed E-state index contributed by atoms with van der Waals surface area (Å²) in [6, 6.07) is 24.0. The molecule has 0 aliphatic carbocycles. The molecule has 0 unspecified atom stereocenters. The highest BCUT2D eigenvalue weighted by Crippen LogP contribution is 2.37. The van der Waals surface area contributed by atoms with Crippen molar-refractivity contribution in [3.05, 3.63) is 101 Å². The van der Waals surface area contributed by atoms with E-state index < -0.39 is 6.04 Å². The van der Waals surface area contributed by atoms with E-state index in [4.69, 9.17) is 28.1 Å². The van der Waals surface area contributed by atoms with E-state index in [0.717, 1.165) is 11.1 Å². The molecule has 1 atom stereocenters. The zero-order valence-corrected chi connectivity index (χ0v) is 19.5. The molecule has 0 saturated heterocycles. The van der Waals surface area contributed by atoms with Crippen molar-refractivity contribution < 1.29 is 14.3 Å². The SMILES string of the molecule is C#CCOc1ccc([C@H]2NC(=S)NC(c3ccccc3)=C2C(=O)c2ccccc2)cc1OCC. The first kappa shape index (κ1) is 23.1. The van der Waals surface area contributed by atoms with Crippen molar-refractivity contribution in [1.82, 2.24) is 10.6 Å². The maximum absolute atomic E-state index is 13.8. The number of terminal acetylenes is 1. The Bertz CT molecular complexity index is 1260. The molecule has 170 valence electrons. The Hall–Kier alpha value is -4.08. The van der Waals surface area contributed by atoms with Crippen LogP contribution in [-0.4, -0.2) is 24.1 Å². The van der Waals surface area contributed by atoms with E-state index in [1.165, 1.54) is 0 Å². The molecule has 1 heterocycles. The van der Waals surface area contributed by atoms with Gasteiger partial charge in [-0.25, -0.2) is 0 Å². The van der Waals surface area contributed by atoms with Crippen LogP contribution in [0.1, 0.15) is 34.5 Å². The fourth-order valence-electron chi connectivity index (χ4n) is 3.85. The molecule has 3 aromatic carbocycles. The second-order valence-corrected chi connectivity index (χ2v) is 7.92. The van der Waals surface area contributed by atoms with E-state index in [1.54, 1.807) is 6.07 Å². The van der Waals surface area contributed by atoms with Crippen molar-refractivity contribution in [1.29, 1.82) is 0 Å². The van der Waals surface area contributed by atoms with Gasteiger partial charge in [-0.05, 0) is 42.4 Å². The summed E-state index contributed by atoms with van der Waals surface area (Å²) in [7, 11) is 0. The van der Waals surface area contributed by atoms with Gasteiger partial charge in [-0.2, -0.15) is 0 Å². The highest BCUT2D eigenvalue weighted by atomic mass is 32.1. The molecule has 0 bridgehead atoms. The summed E-state index contributed by atoms with van der Waals surface area (Å²) in [6.07, 6.45) is 5.35. The average molecular weight is 469 g/mol. The van der Waals surface area contributed by atoms with Gasteiger partial charge in [0.15, 0.2) is 22.4 Å². The molecule has 0 saturated carbocycles. The molecule has 0 amide bonds. The van der Waals surface area contributed by atoms with Crippen LogP contribution in [-0.2, 0) is 0 Å². The standard InChI is InChI=1S/C28H24N2O3S/c1-3-17-33-22-16-15-21(18-23(22)32-4-2)26-24(27(31)20-13-9-6-10-14-20)25(29-28(34)30-26)19-11-7-5-8-12-19/h1,5-16,18,26H,4,17H2,2H3,(H2,29,30,34)/t26-/m1/s1. The summed E-state index contributed by atoms with van der Waals surface area (Å²) in [5, 5.41) is 6.92. The molecular formula is C28H24N2O3S. The number of rotatable bonds is 8. The number of thiocarbonyl (C=S) groups is 1. The van der Waals surface area contributed by atoms with Gasteiger partial charge in [-0.1, -0.05) is 72.7 Å². The lowest BCUT2D eigenvalue weighted by atomic mass is 9.87. The number of carbonyl (C=O) groups is 1. The van der Waals surface area contributed by atoms with Gasteiger partial charge in [0.05, 0.1) is 23.9 Å². The molecule has 34 heavy (non-hydrogen) atoms. The molecule has 2 N–H and O–H groups in total. The first-order valence-corrected chi connectivity index (χ1v) is 11.3. The molecule has 1 aliphatic rings. The van der Waals surface area contributed by atoms with Crippen LogP contribution in [0.3, 0.4) is 0 Å². The molecule has 3 aromatic rings. The van der Waals surface area contributed by atoms with Crippen LogP contribution in [0.4, 0.5) is 0 Å². The lowest BCUT2D eigenvalue weighted by Crippen LogP contribution is -2.44. The molecule has 0 spiro atoms. The minimum Gasteiger partial charge on any atom is -0.490 e. The van der Waals surface area contributed by atoms with E-state index in [0.29, 0.717) is 40.1 Å². The highest BCUT2D eigenvalue weighted by molar-refractivity contribution is 7.80. The van der Waals surface area contributed by atoms with Gasteiger partial charge < -0.3 is 20.1 Å². The van der Waals surface area contributed by atoms with Crippen LogP contribution in [0.15, 0.2) is 84.4 Å². The first-order valence-electron chi connectivity index (χ1n) is 10.9. The summed E-state index contributed by atoms with van der Waals surface area (Å²) < 4.78 is 11.5. The number of nitrogens with one attached hydrogen (secondary N) is 2. The van der Waals surface area contributed by atoms with Crippen LogP contribution in [0.2, 0.25) is 0 Å². The Kier molecular flexibility index (Phi) is 7.26. The second-order valence-electron chi connectivity index (χ2n) is 7.51. The normalized spacial score (nSPS) is 15.1. The highest BCUT2D eigenvalue weighted by Gasteiger charge is 2.33. The van der Waals surface area contributed by atoms with Crippen molar-refractivity contribution >= 4 is 28.8 Å². The van der Waals surface area contributed by atoms with E-state index >= 15 is 0 Å². The Morgan fingerprint density at radius 1 is 1.00 bits per heavy atom. The maximum Gasteiger partial charge on any atom is 0.193 e. The van der Waals surface area contributed by atoms with Gasteiger partial charge in [-0.15, -0.1) is 6.42 Å². The van der Waals surface area contributed by atoms with Crippen molar-refractivity contribution in [2.24, 2.45) is 0 Å². The predicted octanol–water partition coefficient (Wildman–Crippen LogP) is 4.91. The quantitative estimate of drug-likeness (QED) is 0.278. The number of ether oxygens (including phenoxy) is 2. The van der Waals surface area contributed by atoms with Crippen molar-refractivity contribution in [2.45, 2.75) is 13.0 Å². The fraction of sp³-hybridized carbons (Fsp3) is 0.143. The molecule has 6 heteroatoms. The van der Waals surface area contributed by atoms with Crippen molar-refractivity contribution in [2.75, 3.05) is 13.2 Å². The zero-order chi connectivity index (χ0) is 23.9. The molecular weight excluding hydrogens is 444 g/mol. The molecule has 0 fully saturated rings. The fourth-order valence-corrected chi connectivity index (χ4v) is 4.07. The topological polar surface area (TPSA) is 59.6 Å². The third kappa shape index (κ3) is 4.95. The van der Waals surface area contributed by atoms with Crippen LogP contribution in [0, 0.1) is 12.3 Å². The number of ketones is 1. The number of benzene rings is 3. The summed E-state index contributed by atoms with van der Waals surface area (Å²) in [5.74, 6) is 3.46. The van der Waals surface area contributed by atoms with E-state index in [-0.39, 0.29) is 12.4 Å². The lowest BCUT2D eigenvalue weighted by molar-refractivity contribution is 0.102. The Morgan fingerprint density at radius 3 is 2.38 bits per heavy atom. The van der Waals surface area contributed by atoms with Gasteiger partial charge >= 0.3 is 0 Å². The van der Waals surface area contributed by atoms with E-state index in [1.807, 2.05) is 79.7 Å². The third-order valence-corrected chi connectivity index (χ3v) is 5.55. The molecule has 1 aliphatic heterocycles. The third-order valence-electron chi connectivity index (χ3n) is 5.33. The minimum absolute atomic E-state index is 0.0995. The Morgan fingerprint density at radius 2 is 1.71 bits per heavy atom. The largest absolute Gasteiger partial charge is 0.490 e. The number of hydrogen-bond acceptors (Lipinski definition) is 4. The molecule has 0 radical (unpaired) electrons. The summed E-state index contributed by atoms with van der Waals surface area (Å²) >= 11 is 5.54. The Balaban J connectivity index is 1.88.